The number of carbonyl (C=O) groups excluding carboxylic acids is 1. The van der Waals surface area contributed by atoms with E-state index in [1.54, 1.807) is 20.3 Å². The van der Waals surface area contributed by atoms with Crippen molar-refractivity contribution in [2.45, 2.75) is 20.3 Å². The van der Waals surface area contributed by atoms with Gasteiger partial charge >= 0.3 is 0 Å². The molecule has 0 spiro atoms. The molecule has 0 atom stereocenters. The fourth-order valence-corrected chi connectivity index (χ4v) is 1.90. The molecule has 0 aliphatic carbocycles. The Morgan fingerprint density at radius 2 is 2.00 bits per heavy atom. The van der Waals surface area contributed by atoms with Crippen LogP contribution in [0, 0.1) is 13.8 Å². The van der Waals surface area contributed by atoms with Crippen molar-refractivity contribution in [3.05, 3.63) is 27.8 Å². The Labute approximate surface area is 107 Å². The fourth-order valence-electron chi connectivity index (χ4n) is 1.75. The molecule has 0 amide bonds. The Hall–Kier alpha value is -1.06. The number of rotatable bonds is 5. The van der Waals surface area contributed by atoms with Crippen LogP contribution in [-0.4, -0.2) is 26.6 Å². The highest BCUT2D eigenvalue weighted by atomic mass is 35.5. The molecule has 17 heavy (non-hydrogen) atoms. The molecule has 3 nitrogen and oxygen atoms in total. The summed E-state index contributed by atoms with van der Waals surface area (Å²) in [5, 5.41) is 0.617. The molecule has 0 saturated carbocycles. The zero-order valence-corrected chi connectivity index (χ0v) is 11.4. The van der Waals surface area contributed by atoms with Gasteiger partial charge in [-0.3, -0.25) is 4.79 Å². The first-order chi connectivity index (χ1) is 8.02. The second-order valence-electron chi connectivity index (χ2n) is 3.88. The predicted octanol–water partition coefficient (Wildman–Crippen LogP) is 3.18. The summed E-state index contributed by atoms with van der Waals surface area (Å²) in [6.45, 7) is 4.12. The zero-order valence-electron chi connectivity index (χ0n) is 10.6. The van der Waals surface area contributed by atoms with Crippen LogP contribution < -0.4 is 4.74 Å². The first kappa shape index (κ1) is 14.0. The minimum absolute atomic E-state index is 0.0110. The molecule has 0 bridgehead atoms. The number of aryl methyl sites for hydroxylation is 1. The van der Waals surface area contributed by atoms with Gasteiger partial charge in [-0.1, -0.05) is 11.6 Å². The van der Waals surface area contributed by atoms with Crippen LogP contribution in [-0.2, 0) is 4.74 Å². The molecule has 0 heterocycles. The zero-order chi connectivity index (χ0) is 13.0. The molecule has 94 valence electrons. The van der Waals surface area contributed by atoms with E-state index in [-0.39, 0.29) is 5.78 Å². The number of carbonyl (C=O) groups is 1. The Morgan fingerprint density at radius 1 is 1.35 bits per heavy atom. The van der Waals surface area contributed by atoms with E-state index in [0.717, 1.165) is 11.1 Å². The van der Waals surface area contributed by atoms with E-state index in [4.69, 9.17) is 21.1 Å². The number of Topliss-reactive ketones (excluding diaryl/α,β-unsaturated/α-hetero) is 1. The van der Waals surface area contributed by atoms with Crippen molar-refractivity contribution in [1.29, 1.82) is 0 Å². The smallest absolute Gasteiger partial charge is 0.169 e. The van der Waals surface area contributed by atoms with E-state index in [1.165, 1.54) is 0 Å². The molecule has 1 rings (SSSR count). The average Bonchev–Trinajstić information content (AvgIpc) is 2.32. The minimum Gasteiger partial charge on any atom is -0.496 e. The first-order valence-electron chi connectivity index (χ1n) is 5.38. The van der Waals surface area contributed by atoms with Gasteiger partial charge in [-0.2, -0.15) is 0 Å². The molecule has 1 aromatic rings. The highest BCUT2D eigenvalue weighted by Gasteiger charge is 2.18. The lowest BCUT2D eigenvalue weighted by atomic mass is 9.99. The molecule has 0 radical (unpaired) electrons. The predicted molar refractivity (Wildman–Crippen MR) is 68.3 cm³/mol. The summed E-state index contributed by atoms with van der Waals surface area (Å²) in [4.78, 5) is 12.0. The largest absolute Gasteiger partial charge is 0.496 e. The third-order valence-electron chi connectivity index (χ3n) is 2.68. The number of hydrogen-bond acceptors (Lipinski definition) is 3. The SMILES string of the molecule is COCCC(=O)c1c(OC)cc(C)c(Cl)c1C. The molecule has 0 N–H and O–H groups in total. The van der Waals surface area contributed by atoms with Crippen LogP contribution in [0.5, 0.6) is 5.75 Å². The highest BCUT2D eigenvalue weighted by Crippen LogP contribution is 2.32. The Balaban J connectivity index is 3.21. The highest BCUT2D eigenvalue weighted by molar-refractivity contribution is 6.32. The van der Waals surface area contributed by atoms with Gasteiger partial charge in [0.25, 0.3) is 0 Å². The molecule has 0 aromatic heterocycles. The van der Waals surface area contributed by atoms with Gasteiger partial charge in [0.15, 0.2) is 5.78 Å². The number of halogens is 1. The van der Waals surface area contributed by atoms with E-state index < -0.39 is 0 Å². The summed E-state index contributed by atoms with van der Waals surface area (Å²) >= 11 is 6.15. The third-order valence-corrected chi connectivity index (χ3v) is 3.26. The van der Waals surface area contributed by atoms with Gasteiger partial charge in [-0.25, -0.2) is 0 Å². The molecule has 0 aliphatic rings. The van der Waals surface area contributed by atoms with Gasteiger partial charge in [0, 0.05) is 18.6 Å². The number of hydrogen-bond donors (Lipinski definition) is 0. The van der Waals surface area contributed by atoms with Crippen molar-refractivity contribution < 1.29 is 14.3 Å². The molecule has 0 fully saturated rings. The standard InChI is InChI=1S/C13H17ClO3/c1-8-7-11(17-4)12(9(2)13(8)14)10(15)5-6-16-3/h7H,5-6H2,1-4H3. The third kappa shape index (κ3) is 2.99. The van der Waals surface area contributed by atoms with E-state index in [9.17, 15) is 4.79 Å². The van der Waals surface area contributed by atoms with Crippen LogP contribution in [0.25, 0.3) is 0 Å². The van der Waals surface area contributed by atoms with Crippen molar-refractivity contribution in [3.8, 4) is 5.75 Å². The maximum absolute atomic E-state index is 12.0. The van der Waals surface area contributed by atoms with Crippen LogP contribution in [0.15, 0.2) is 6.07 Å². The molecule has 0 aliphatic heterocycles. The Bertz CT molecular complexity index is 427. The quantitative estimate of drug-likeness (QED) is 0.759. The van der Waals surface area contributed by atoms with Crippen LogP contribution in [0.2, 0.25) is 5.02 Å². The lowest BCUT2D eigenvalue weighted by Gasteiger charge is -2.14. The molecule has 1 aromatic carbocycles. The van der Waals surface area contributed by atoms with Gasteiger partial charge in [0.2, 0.25) is 0 Å². The average molecular weight is 257 g/mol. The molecule has 0 unspecified atom stereocenters. The van der Waals surface area contributed by atoms with Gasteiger partial charge in [0.05, 0.1) is 19.3 Å². The van der Waals surface area contributed by atoms with E-state index in [1.807, 2.05) is 13.8 Å². The second kappa shape index (κ2) is 6.03. The maximum atomic E-state index is 12.0. The lowest BCUT2D eigenvalue weighted by Crippen LogP contribution is -2.08. The van der Waals surface area contributed by atoms with Crippen LogP contribution in [0.4, 0.5) is 0 Å². The number of methoxy groups -OCH3 is 2. The van der Waals surface area contributed by atoms with E-state index in [2.05, 4.69) is 0 Å². The monoisotopic (exact) mass is 256 g/mol. The van der Waals surface area contributed by atoms with Gasteiger partial charge < -0.3 is 9.47 Å². The summed E-state index contributed by atoms with van der Waals surface area (Å²) in [6.07, 6.45) is 0.326. The van der Waals surface area contributed by atoms with Crippen molar-refractivity contribution in [1.82, 2.24) is 0 Å². The summed E-state index contributed by atoms with van der Waals surface area (Å²) in [5.74, 6) is 0.564. The second-order valence-corrected chi connectivity index (χ2v) is 4.25. The van der Waals surface area contributed by atoms with Crippen molar-refractivity contribution >= 4 is 17.4 Å². The summed E-state index contributed by atoms with van der Waals surface area (Å²) < 4.78 is 10.1. The Kier molecular flexibility index (Phi) is 4.97. The number of ketones is 1. The lowest BCUT2D eigenvalue weighted by molar-refractivity contribution is 0.0928. The normalized spacial score (nSPS) is 10.4. The topological polar surface area (TPSA) is 35.5 Å². The molecule has 0 saturated heterocycles. The molecular formula is C13H17ClO3. The van der Waals surface area contributed by atoms with Crippen LogP contribution in [0.1, 0.15) is 27.9 Å². The van der Waals surface area contributed by atoms with Crippen molar-refractivity contribution in [2.24, 2.45) is 0 Å². The van der Waals surface area contributed by atoms with Gasteiger partial charge in [0.1, 0.15) is 5.75 Å². The maximum Gasteiger partial charge on any atom is 0.169 e. The van der Waals surface area contributed by atoms with Crippen LogP contribution >= 0.6 is 11.6 Å². The molecule has 4 heteroatoms. The summed E-state index contributed by atoms with van der Waals surface area (Å²) in [7, 11) is 3.12. The van der Waals surface area contributed by atoms with Crippen molar-refractivity contribution in [2.75, 3.05) is 20.8 Å². The van der Waals surface area contributed by atoms with E-state index >= 15 is 0 Å². The minimum atomic E-state index is -0.0110. The first-order valence-corrected chi connectivity index (χ1v) is 5.76. The summed E-state index contributed by atoms with van der Waals surface area (Å²) in [6, 6.07) is 1.79. The Morgan fingerprint density at radius 3 is 2.53 bits per heavy atom. The van der Waals surface area contributed by atoms with Gasteiger partial charge in [-0.05, 0) is 31.0 Å². The van der Waals surface area contributed by atoms with Crippen molar-refractivity contribution in [3.63, 3.8) is 0 Å². The number of ether oxygens (including phenoxy) is 2. The molecular weight excluding hydrogens is 240 g/mol. The van der Waals surface area contributed by atoms with Crippen LogP contribution in [0.3, 0.4) is 0 Å². The van der Waals surface area contributed by atoms with Gasteiger partial charge in [-0.15, -0.1) is 0 Å². The summed E-state index contributed by atoms with van der Waals surface area (Å²) in [5.41, 5.74) is 2.23. The van der Waals surface area contributed by atoms with E-state index in [0.29, 0.717) is 29.4 Å². The fraction of sp³-hybridized carbons (Fsp3) is 0.462. The number of benzene rings is 1.